The molecule has 88 valence electrons. The van der Waals surface area contributed by atoms with Crippen molar-refractivity contribution in [2.24, 2.45) is 0 Å². The van der Waals surface area contributed by atoms with E-state index in [0.29, 0.717) is 5.56 Å². The summed E-state index contributed by atoms with van der Waals surface area (Å²) in [5.74, 6) is -2.96. The lowest BCUT2D eigenvalue weighted by atomic mass is 9.96. The zero-order valence-corrected chi connectivity index (χ0v) is 9.49. The predicted octanol–water partition coefficient (Wildman–Crippen LogP) is 1.24. The minimum atomic E-state index is -2.18. The Bertz CT molecular complexity index is 357. The quantitative estimate of drug-likeness (QED) is 0.735. The largest absolute Gasteiger partial charge is 0.479 e. The number of carboxylic acids is 2. The summed E-state index contributed by atoms with van der Waals surface area (Å²) in [5, 5.41) is 21.5. The molecule has 1 heterocycles. The molecule has 0 amide bonds. The van der Waals surface area contributed by atoms with Gasteiger partial charge in [0.05, 0.1) is 0 Å². The molecule has 0 fully saturated rings. The first-order valence-electron chi connectivity index (χ1n) is 4.64. The van der Waals surface area contributed by atoms with Crippen LogP contribution in [0.1, 0.15) is 12.5 Å². The molecule has 5 nitrogen and oxygen atoms in total. The molecule has 0 atom stereocenters. The molecule has 1 aromatic rings. The van der Waals surface area contributed by atoms with E-state index in [4.69, 9.17) is 14.9 Å². The van der Waals surface area contributed by atoms with Crippen LogP contribution >= 0.6 is 11.3 Å². The second-order valence-electron chi connectivity index (χ2n) is 3.18. The van der Waals surface area contributed by atoms with E-state index < -0.39 is 17.5 Å². The highest BCUT2D eigenvalue weighted by Gasteiger charge is 2.48. The average molecular weight is 244 g/mol. The number of carbonyl (C=O) groups is 2. The normalized spacial score (nSPS) is 11.3. The summed E-state index contributed by atoms with van der Waals surface area (Å²) in [6, 6.07) is 1.68. The number of carboxylic acid groups (broad SMARTS) is 2. The molecule has 0 saturated carbocycles. The van der Waals surface area contributed by atoms with Crippen molar-refractivity contribution in [1.29, 1.82) is 0 Å². The van der Waals surface area contributed by atoms with Crippen molar-refractivity contribution in [3.05, 3.63) is 22.4 Å². The Hall–Kier alpha value is -1.40. The van der Waals surface area contributed by atoms with Gasteiger partial charge in [-0.25, -0.2) is 9.59 Å². The third-order valence-corrected chi connectivity index (χ3v) is 2.85. The maximum atomic E-state index is 11.1. The van der Waals surface area contributed by atoms with E-state index in [0.717, 1.165) is 0 Å². The lowest BCUT2D eigenvalue weighted by molar-refractivity contribution is -0.182. The smallest absolute Gasteiger partial charge is 0.348 e. The van der Waals surface area contributed by atoms with Gasteiger partial charge in [0.25, 0.3) is 5.60 Å². The second-order valence-corrected chi connectivity index (χ2v) is 3.96. The van der Waals surface area contributed by atoms with Crippen LogP contribution in [0.4, 0.5) is 0 Å². The van der Waals surface area contributed by atoms with Gasteiger partial charge in [-0.1, -0.05) is 0 Å². The molecule has 2 N–H and O–H groups in total. The fourth-order valence-electron chi connectivity index (χ4n) is 1.34. The molecule has 0 radical (unpaired) electrons. The van der Waals surface area contributed by atoms with Gasteiger partial charge in [0.15, 0.2) is 0 Å². The zero-order valence-electron chi connectivity index (χ0n) is 8.67. The summed E-state index contributed by atoms with van der Waals surface area (Å²) in [4.78, 5) is 22.2. The van der Waals surface area contributed by atoms with Crippen LogP contribution in [-0.4, -0.2) is 34.4 Å². The highest BCUT2D eigenvalue weighted by atomic mass is 32.1. The van der Waals surface area contributed by atoms with E-state index in [2.05, 4.69) is 0 Å². The SMILES string of the molecule is CCOC(Cc1ccsc1)(C(=O)O)C(=O)O. The van der Waals surface area contributed by atoms with E-state index in [1.807, 2.05) is 0 Å². The highest BCUT2D eigenvalue weighted by molar-refractivity contribution is 7.07. The number of hydrogen-bond acceptors (Lipinski definition) is 4. The van der Waals surface area contributed by atoms with Crippen molar-refractivity contribution in [3.8, 4) is 0 Å². The van der Waals surface area contributed by atoms with Gasteiger partial charge in [0.2, 0.25) is 0 Å². The minimum Gasteiger partial charge on any atom is -0.479 e. The Balaban J connectivity index is 3.01. The molecule has 0 spiro atoms. The Morgan fingerprint density at radius 1 is 1.44 bits per heavy atom. The molecule has 0 aromatic carbocycles. The van der Waals surface area contributed by atoms with Crippen molar-refractivity contribution < 1.29 is 24.5 Å². The molecule has 0 aliphatic rings. The van der Waals surface area contributed by atoms with Gasteiger partial charge in [-0.2, -0.15) is 11.3 Å². The first-order valence-corrected chi connectivity index (χ1v) is 5.59. The van der Waals surface area contributed by atoms with Crippen LogP contribution in [0, 0.1) is 0 Å². The first-order chi connectivity index (χ1) is 7.53. The van der Waals surface area contributed by atoms with Crippen LogP contribution in [0.5, 0.6) is 0 Å². The lowest BCUT2D eigenvalue weighted by Crippen LogP contribution is -2.51. The fraction of sp³-hybridized carbons (Fsp3) is 0.400. The molecule has 1 rings (SSSR count). The summed E-state index contributed by atoms with van der Waals surface area (Å²) in [6.45, 7) is 1.59. The van der Waals surface area contributed by atoms with E-state index in [9.17, 15) is 9.59 Å². The lowest BCUT2D eigenvalue weighted by Gasteiger charge is -2.24. The van der Waals surface area contributed by atoms with Crippen molar-refractivity contribution in [3.63, 3.8) is 0 Å². The van der Waals surface area contributed by atoms with Crippen LogP contribution in [0.25, 0.3) is 0 Å². The van der Waals surface area contributed by atoms with Gasteiger partial charge in [0.1, 0.15) is 0 Å². The van der Waals surface area contributed by atoms with Gasteiger partial charge in [0, 0.05) is 13.0 Å². The molecule has 0 unspecified atom stereocenters. The number of ether oxygens (including phenoxy) is 1. The maximum absolute atomic E-state index is 11.1. The number of hydrogen-bond donors (Lipinski definition) is 2. The third kappa shape index (κ3) is 2.40. The standard InChI is InChI=1S/C10H12O5S/c1-2-15-10(8(11)12,9(13)14)5-7-3-4-16-6-7/h3-4,6H,2,5H2,1H3,(H,11,12)(H,13,14). The van der Waals surface area contributed by atoms with Crippen molar-refractivity contribution in [2.45, 2.75) is 18.9 Å². The molecule has 6 heteroatoms. The van der Waals surface area contributed by atoms with Crippen molar-refractivity contribution >= 4 is 23.3 Å². The molecular weight excluding hydrogens is 232 g/mol. The van der Waals surface area contributed by atoms with Crippen LogP contribution in [0.2, 0.25) is 0 Å². The second kappa shape index (κ2) is 5.09. The van der Waals surface area contributed by atoms with E-state index in [-0.39, 0.29) is 13.0 Å². The topological polar surface area (TPSA) is 83.8 Å². The summed E-state index contributed by atoms with van der Waals surface area (Å²) >= 11 is 1.38. The van der Waals surface area contributed by atoms with Crippen LogP contribution < -0.4 is 0 Å². The molecule has 1 aromatic heterocycles. The Morgan fingerprint density at radius 2 is 2.06 bits per heavy atom. The van der Waals surface area contributed by atoms with Crippen molar-refractivity contribution in [2.75, 3.05) is 6.61 Å². The van der Waals surface area contributed by atoms with Gasteiger partial charge >= 0.3 is 11.9 Å². The summed E-state index contributed by atoms with van der Waals surface area (Å²) in [6.07, 6.45) is -0.172. The molecule has 0 aliphatic heterocycles. The predicted molar refractivity (Wildman–Crippen MR) is 57.7 cm³/mol. The van der Waals surface area contributed by atoms with E-state index >= 15 is 0 Å². The Kier molecular flexibility index (Phi) is 4.03. The third-order valence-electron chi connectivity index (χ3n) is 2.11. The fourth-order valence-corrected chi connectivity index (χ4v) is 2.01. The van der Waals surface area contributed by atoms with Crippen LogP contribution in [0.3, 0.4) is 0 Å². The van der Waals surface area contributed by atoms with E-state index in [1.54, 1.807) is 23.8 Å². The minimum absolute atomic E-state index is 0.0305. The summed E-state index contributed by atoms with van der Waals surface area (Å²) in [7, 11) is 0. The first kappa shape index (κ1) is 12.7. The summed E-state index contributed by atoms with van der Waals surface area (Å²) in [5.41, 5.74) is -1.54. The van der Waals surface area contributed by atoms with Gasteiger partial charge < -0.3 is 14.9 Å². The number of aliphatic carboxylic acids is 2. The monoisotopic (exact) mass is 244 g/mol. The Morgan fingerprint density at radius 3 is 2.44 bits per heavy atom. The maximum Gasteiger partial charge on any atom is 0.348 e. The van der Waals surface area contributed by atoms with Crippen molar-refractivity contribution in [1.82, 2.24) is 0 Å². The van der Waals surface area contributed by atoms with Crippen LogP contribution in [0.15, 0.2) is 16.8 Å². The molecule has 0 aliphatic carbocycles. The Labute approximate surface area is 96.3 Å². The molecular formula is C10H12O5S. The van der Waals surface area contributed by atoms with Crippen LogP contribution in [-0.2, 0) is 20.7 Å². The molecule has 0 bridgehead atoms. The average Bonchev–Trinajstić information content (AvgIpc) is 2.68. The van der Waals surface area contributed by atoms with E-state index in [1.165, 1.54) is 11.3 Å². The zero-order chi connectivity index (χ0) is 12.2. The number of thiophene rings is 1. The highest BCUT2D eigenvalue weighted by Crippen LogP contribution is 2.21. The number of rotatable bonds is 6. The van der Waals surface area contributed by atoms with Gasteiger partial charge in [-0.3, -0.25) is 0 Å². The van der Waals surface area contributed by atoms with Gasteiger partial charge in [-0.05, 0) is 29.3 Å². The summed E-state index contributed by atoms with van der Waals surface area (Å²) < 4.78 is 4.93. The van der Waals surface area contributed by atoms with Gasteiger partial charge in [-0.15, -0.1) is 0 Å². The molecule has 0 saturated heterocycles. The molecule has 16 heavy (non-hydrogen) atoms.